The predicted octanol–water partition coefficient (Wildman–Crippen LogP) is 6.83. The number of hydrogen-bond acceptors (Lipinski definition) is 5. The van der Waals surface area contributed by atoms with Gasteiger partial charge >= 0.3 is 12.1 Å². The zero-order valence-electron chi connectivity index (χ0n) is 18.2. The zero-order chi connectivity index (χ0) is 25.7. The summed E-state index contributed by atoms with van der Waals surface area (Å²) in [7, 11) is -4.40. The minimum absolute atomic E-state index is 0.0770. The van der Waals surface area contributed by atoms with Gasteiger partial charge in [-0.15, -0.1) is 22.7 Å². The number of anilines is 1. The van der Waals surface area contributed by atoms with Crippen molar-refractivity contribution in [1.82, 2.24) is 0 Å². The highest BCUT2D eigenvalue weighted by atomic mass is 32.2. The molecule has 184 valence electrons. The fraction of sp³-hybridized carbons (Fsp3) is 0.174. The topological polar surface area (TPSA) is 74.7 Å². The van der Waals surface area contributed by atoms with Gasteiger partial charge in [0.25, 0.3) is 10.0 Å². The fourth-order valence-electron chi connectivity index (χ4n) is 3.65. The van der Waals surface area contributed by atoms with Crippen molar-refractivity contribution in [3.05, 3.63) is 81.5 Å². The Labute approximate surface area is 205 Å². The number of aromatic carboxylic acids is 1. The van der Waals surface area contributed by atoms with E-state index in [4.69, 9.17) is 0 Å². The largest absolute Gasteiger partial charge is 0.477 e. The van der Waals surface area contributed by atoms with Crippen LogP contribution < -0.4 is 4.31 Å². The van der Waals surface area contributed by atoms with Crippen molar-refractivity contribution < 1.29 is 35.9 Å². The smallest absolute Gasteiger partial charge is 0.419 e. The highest BCUT2D eigenvalue weighted by Gasteiger charge is 2.36. The molecular weight excluding hydrogens is 526 g/mol. The van der Waals surface area contributed by atoms with E-state index in [9.17, 15) is 35.9 Å². The third kappa shape index (κ3) is 4.65. The second-order valence-electron chi connectivity index (χ2n) is 7.74. The molecule has 0 bridgehead atoms. The second-order valence-corrected chi connectivity index (χ2v) is 11.9. The number of carboxylic acid groups (broad SMARTS) is 1. The Morgan fingerprint density at radius 3 is 2.34 bits per heavy atom. The lowest BCUT2D eigenvalue weighted by Gasteiger charge is -2.24. The molecule has 2 heterocycles. The quantitative estimate of drug-likeness (QED) is 0.271. The van der Waals surface area contributed by atoms with Gasteiger partial charge in [-0.2, -0.15) is 13.2 Å². The normalized spacial score (nSPS) is 12.3. The van der Waals surface area contributed by atoms with Crippen LogP contribution in [0.25, 0.3) is 10.1 Å². The van der Waals surface area contributed by atoms with Crippen molar-refractivity contribution in [3.63, 3.8) is 0 Å². The van der Waals surface area contributed by atoms with Gasteiger partial charge in [0.05, 0.1) is 12.1 Å². The first kappa shape index (κ1) is 25.1. The highest BCUT2D eigenvalue weighted by Crippen LogP contribution is 2.42. The number of hydrogen-bond donors (Lipinski definition) is 1. The van der Waals surface area contributed by atoms with Crippen molar-refractivity contribution in [2.75, 3.05) is 4.31 Å². The van der Waals surface area contributed by atoms with Gasteiger partial charge in [-0.3, -0.25) is 4.31 Å². The lowest BCUT2D eigenvalue weighted by molar-refractivity contribution is -0.140. The molecule has 0 amide bonds. The fourth-order valence-corrected chi connectivity index (χ4v) is 8.21. The number of fused-ring (bicyclic) bond motifs is 1. The molecule has 0 aliphatic heterocycles. The number of carbonyl (C=O) groups is 1. The average Bonchev–Trinajstić information content (AvgIpc) is 3.33. The van der Waals surface area contributed by atoms with Crippen LogP contribution in [0.15, 0.2) is 52.7 Å². The standard InChI is InChI=1S/C23H17F4NO4S3/c1-12-9-19(21(29)30)34-22(12)35(31,32)28(20-13(2)15-5-3-4-6-18(15)33-20)11-14-7-8-17(24)16(10-14)23(25,26)27/h3-10H,11H2,1-2H3,(H,29,30). The molecule has 0 saturated heterocycles. The summed E-state index contributed by atoms with van der Waals surface area (Å²) in [4.78, 5) is 11.2. The number of benzene rings is 2. The van der Waals surface area contributed by atoms with E-state index in [1.165, 1.54) is 13.0 Å². The molecule has 1 N–H and O–H groups in total. The number of alkyl halides is 3. The summed E-state index contributed by atoms with van der Waals surface area (Å²) in [6, 6.07) is 10.7. The summed E-state index contributed by atoms with van der Waals surface area (Å²) in [6.45, 7) is 2.64. The summed E-state index contributed by atoms with van der Waals surface area (Å²) in [5.74, 6) is -2.76. The first-order valence-electron chi connectivity index (χ1n) is 10.0. The number of carboxylic acids is 1. The number of sulfonamides is 1. The molecule has 0 atom stereocenters. The molecule has 0 spiro atoms. The molecule has 2 aromatic heterocycles. The van der Waals surface area contributed by atoms with Crippen LogP contribution in [0.4, 0.5) is 22.6 Å². The van der Waals surface area contributed by atoms with Crippen LogP contribution in [0.3, 0.4) is 0 Å². The van der Waals surface area contributed by atoms with E-state index in [1.807, 2.05) is 0 Å². The van der Waals surface area contributed by atoms with Gasteiger partial charge in [-0.25, -0.2) is 17.6 Å². The van der Waals surface area contributed by atoms with Crippen LogP contribution in [0.2, 0.25) is 0 Å². The van der Waals surface area contributed by atoms with Gasteiger partial charge in [-0.1, -0.05) is 24.3 Å². The monoisotopic (exact) mass is 543 g/mol. The lowest BCUT2D eigenvalue weighted by Crippen LogP contribution is -2.30. The Bertz CT molecular complexity index is 1550. The van der Waals surface area contributed by atoms with Crippen molar-refractivity contribution in [1.29, 1.82) is 0 Å². The Morgan fingerprint density at radius 2 is 1.74 bits per heavy atom. The van der Waals surface area contributed by atoms with Gasteiger partial charge in [-0.05, 0) is 60.2 Å². The molecule has 0 aliphatic rings. The Hall–Kier alpha value is -2.96. The van der Waals surface area contributed by atoms with Gasteiger partial charge in [0.1, 0.15) is 19.9 Å². The maximum absolute atomic E-state index is 13.9. The van der Waals surface area contributed by atoms with Gasteiger partial charge in [0, 0.05) is 4.70 Å². The van der Waals surface area contributed by atoms with E-state index in [0.717, 1.165) is 31.8 Å². The third-order valence-electron chi connectivity index (χ3n) is 5.31. The van der Waals surface area contributed by atoms with Crippen LogP contribution in [0.1, 0.15) is 31.9 Å². The highest BCUT2D eigenvalue weighted by molar-refractivity contribution is 7.95. The number of thiophene rings is 2. The molecule has 12 heteroatoms. The predicted molar refractivity (Wildman–Crippen MR) is 127 cm³/mol. The van der Waals surface area contributed by atoms with E-state index < -0.39 is 40.1 Å². The Morgan fingerprint density at radius 1 is 1.06 bits per heavy atom. The number of nitrogens with zero attached hydrogens (tertiary/aromatic N) is 1. The van der Waals surface area contributed by atoms with Crippen LogP contribution in [-0.4, -0.2) is 19.5 Å². The van der Waals surface area contributed by atoms with Crippen LogP contribution in [0, 0.1) is 19.7 Å². The molecule has 4 aromatic rings. The Kier molecular flexibility index (Phi) is 6.41. The van der Waals surface area contributed by atoms with Gasteiger partial charge in [0.15, 0.2) is 0 Å². The van der Waals surface area contributed by atoms with Crippen LogP contribution in [0.5, 0.6) is 0 Å². The van der Waals surface area contributed by atoms with Crippen molar-refractivity contribution in [2.24, 2.45) is 0 Å². The second kappa shape index (κ2) is 8.92. The number of halogens is 4. The van der Waals surface area contributed by atoms with E-state index in [0.29, 0.717) is 29.0 Å². The molecule has 0 aliphatic carbocycles. The van der Waals surface area contributed by atoms with E-state index >= 15 is 0 Å². The first-order chi connectivity index (χ1) is 16.3. The maximum atomic E-state index is 13.9. The molecule has 4 rings (SSSR count). The van der Waals surface area contributed by atoms with E-state index in [2.05, 4.69) is 0 Å². The molecular formula is C23H17F4NO4S3. The van der Waals surface area contributed by atoms with Gasteiger partial charge in [0.2, 0.25) is 0 Å². The molecule has 5 nitrogen and oxygen atoms in total. The van der Waals surface area contributed by atoms with E-state index in [1.54, 1.807) is 31.2 Å². The SMILES string of the molecule is Cc1cc(C(=O)O)sc1S(=O)(=O)N(Cc1ccc(F)c(C(F)(F)F)c1)c1sc2ccccc2c1C. The van der Waals surface area contributed by atoms with Crippen LogP contribution >= 0.6 is 22.7 Å². The molecule has 2 aromatic carbocycles. The minimum Gasteiger partial charge on any atom is -0.477 e. The molecule has 0 unspecified atom stereocenters. The summed E-state index contributed by atoms with van der Waals surface area (Å²) in [5.41, 5.74) is -0.779. The van der Waals surface area contributed by atoms with Gasteiger partial charge < -0.3 is 5.11 Å². The Balaban J connectivity index is 1.91. The summed E-state index contributed by atoms with van der Waals surface area (Å²) in [5, 5.41) is 10.4. The molecule has 0 saturated carbocycles. The molecule has 35 heavy (non-hydrogen) atoms. The lowest BCUT2D eigenvalue weighted by atomic mass is 10.1. The number of rotatable bonds is 6. The maximum Gasteiger partial charge on any atom is 0.419 e. The van der Waals surface area contributed by atoms with E-state index in [-0.39, 0.29) is 25.2 Å². The summed E-state index contributed by atoms with van der Waals surface area (Å²) in [6.07, 6.45) is -4.96. The minimum atomic E-state index is -4.96. The molecule has 0 fully saturated rings. The van der Waals surface area contributed by atoms with Crippen molar-refractivity contribution >= 4 is 53.8 Å². The van der Waals surface area contributed by atoms with Crippen molar-refractivity contribution in [3.8, 4) is 0 Å². The zero-order valence-corrected chi connectivity index (χ0v) is 20.6. The average molecular weight is 544 g/mol. The number of aryl methyl sites for hydroxylation is 2. The summed E-state index contributed by atoms with van der Waals surface area (Å²) >= 11 is 1.71. The third-order valence-corrected chi connectivity index (χ3v) is 10.3. The summed E-state index contributed by atoms with van der Waals surface area (Å²) < 4.78 is 82.9. The molecule has 0 radical (unpaired) electrons. The first-order valence-corrected chi connectivity index (χ1v) is 13.1. The van der Waals surface area contributed by atoms with Crippen LogP contribution in [-0.2, 0) is 22.7 Å². The van der Waals surface area contributed by atoms with Crippen molar-refractivity contribution in [2.45, 2.75) is 30.8 Å².